The zero-order valence-corrected chi connectivity index (χ0v) is 18.5. The molecule has 2 saturated heterocycles. The minimum Gasteiger partial charge on any atom is -0.353 e. The highest BCUT2D eigenvalue weighted by molar-refractivity contribution is 5.99. The highest BCUT2D eigenvalue weighted by Gasteiger charge is 2.54. The minimum absolute atomic E-state index is 0.0137. The van der Waals surface area contributed by atoms with Crippen LogP contribution in [-0.2, 0) is 9.53 Å². The average molecular weight is 469 g/mol. The van der Waals surface area contributed by atoms with Crippen molar-refractivity contribution >= 4 is 17.7 Å². The number of ether oxygens (including phenoxy) is 1. The quantitative estimate of drug-likeness (QED) is 0.747. The van der Waals surface area contributed by atoms with E-state index in [0.717, 1.165) is 18.9 Å². The lowest BCUT2D eigenvalue weighted by Crippen LogP contribution is -2.60. The molecule has 34 heavy (non-hydrogen) atoms. The Hall–Kier alpha value is -3.33. The molecule has 9 heteroatoms. The Labute approximate surface area is 195 Å². The Morgan fingerprint density at radius 2 is 1.71 bits per heavy atom. The molecule has 3 amide bonds. The molecule has 5 rings (SSSR count). The second-order valence-electron chi connectivity index (χ2n) is 9.01. The van der Waals surface area contributed by atoms with Crippen LogP contribution in [0.3, 0.4) is 0 Å². The maximum atomic E-state index is 14.1. The van der Waals surface area contributed by atoms with E-state index in [1.54, 1.807) is 6.07 Å². The van der Waals surface area contributed by atoms with Crippen LogP contribution in [0.4, 0.5) is 8.78 Å². The van der Waals surface area contributed by atoms with Gasteiger partial charge in [-0.05, 0) is 43.2 Å². The first-order chi connectivity index (χ1) is 16.4. The molecule has 2 heterocycles. The number of amides is 3. The highest BCUT2D eigenvalue weighted by atomic mass is 19.1. The molecule has 1 unspecified atom stereocenters. The number of likely N-dealkylation sites (tertiary alicyclic amines) is 1. The number of carbonyl (C=O) groups is 3. The van der Waals surface area contributed by atoms with Gasteiger partial charge in [0.2, 0.25) is 5.91 Å². The second-order valence-corrected chi connectivity index (χ2v) is 9.01. The van der Waals surface area contributed by atoms with Crippen LogP contribution in [-0.4, -0.2) is 65.0 Å². The van der Waals surface area contributed by atoms with Gasteiger partial charge in [-0.25, -0.2) is 8.78 Å². The summed E-state index contributed by atoms with van der Waals surface area (Å²) in [7, 11) is 0. The summed E-state index contributed by atoms with van der Waals surface area (Å²) in [5, 5.41) is 2.93. The van der Waals surface area contributed by atoms with Crippen LogP contribution < -0.4 is 5.32 Å². The summed E-state index contributed by atoms with van der Waals surface area (Å²) in [4.78, 5) is 42.3. The number of halogens is 2. The number of hydrogen-bond acceptors (Lipinski definition) is 4. The molecule has 3 fully saturated rings. The summed E-state index contributed by atoms with van der Waals surface area (Å²) >= 11 is 0. The van der Waals surface area contributed by atoms with Crippen molar-refractivity contribution in [2.45, 2.75) is 43.5 Å². The SMILES string of the molecule is O=C(NC1CC1)C1COC2(CCN(C(=O)c3ccccc3F)CC2)N1C(=O)c1cccc(F)c1. The van der Waals surface area contributed by atoms with Crippen molar-refractivity contribution in [1.82, 2.24) is 15.1 Å². The van der Waals surface area contributed by atoms with E-state index in [1.807, 2.05) is 0 Å². The number of benzene rings is 2. The summed E-state index contributed by atoms with van der Waals surface area (Å²) in [6.45, 7) is 0.453. The normalized spacial score (nSPS) is 21.5. The summed E-state index contributed by atoms with van der Waals surface area (Å²) in [6, 6.07) is 10.4. The van der Waals surface area contributed by atoms with Crippen LogP contribution in [0.1, 0.15) is 46.4 Å². The van der Waals surface area contributed by atoms with E-state index in [-0.39, 0.29) is 55.6 Å². The molecule has 3 aliphatic rings. The van der Waals surface area contributed by atoms with E-state index in [0.29, 0.717) is 0 Å². The lowest BCUT2D eigenvalue weighted by molar-refractivity contribution is -0.128. The molecule has 1 saturated carbocycles. The van der Waals surface area contributed by atoms with E-state index in [2.05, 4.69) is 5.32 Å². The fourth-order valence-corrected chi connectivity index (χ4v) is 4.72. The standard InChI is InChI=1S/C25H25F2N3O4/c26-17-5-3-4-16(14-17)23(32)30-21(22(31)28-18-8-9-18)15-34-25(30)10-12-29(13-11-25)24(33)19-6-1-2-7-20(19)27/h1-7,14,18,21H,8-13,15H2,(H,28,31). The fourth-order valence-electron chi connectivity index (χ4n) is 4.72. The van der Waals surface area contributed by atoms with Crippen LogP contribution in [0.15, 0.2) is 48.5 Å². The van der Waals surface area contributed by atoms with Gasteiger partial charge in [0, 0.05) is 37.5 Å². The lowest BCUT2D eigenvalue weighted by Gasteiger charge is -2.44. The molecule has 1 atom stereocenters. The van der Waals surface area contributed by atoms with E-state index < -0.39 is 35.2 Å². The van der Waals surface area contributed by atoms with Gasteiger partial charge >= 0.3 is 0 Å². The zero-order valence-electron chi connectivity index (χ0n) is 18.5. The van der Waals surface area contributed by atoms with Crippen molar-refractivity contribution in [3.05, 3.63) is 71.3 Å². The molecule has 7 nitrogen and oxygen atoms in total. The Kier molecular flexibility index (Phi) is 5.81. The zero-order chi connectivity index (χ0) is 23.9. The van der Waals surface area contributed by atoms with Gasteiger partial charge in [-0.3, -0.25) is 19.3 Å². The van der Waals surface area contributed by atoms with Crippen LogP contribution >= 0.6 is 0 Å². The maximum Gasteiger partial charge on any atom is 0.256 e. The van der Waals surface area contributed by atoms with Crippen molar-refractivity contribution in [3.8, 4) is 0 Å². The topological polar surface area (TPSA) is 79.0 Å². The molecule has 2 aromatic rings. The van der Waals surface area contributed by atoms with Gasteiger partial charge < -0.3 is 15.0 Å². The van der Waals surface area contributed by atoms with Gasteiger partial charge in [0.05, 0.1) is 12.2 Å². The number of piperidine rings is 1. The van der Waals surface area contributed by atoms with E-state index in [1.165, 1.54) is 46.2 Å². The van der Waals surface area contributed by atoms with Crippen LogP contribution in [0.25, 0.3) is 0 Å². The molecule has 0 radical (unpaired) electrons. The Morgan fingerprint density at radius 1 is 0.971 bits per heavy atom. The van der Waals surface area contributed by atoms with E-state index in [9.17, 15) is 23.2 Å². The third-order valence-electron chi connectivity index (χ3n) is 6.71. The van der Waals surface area contributed by atoms with Gasteiger partial charge in [-0.1, -0.05) is 18.2 Å². The van der Waals surface area contributed by atoms with Gasteiger partial charge in [0.15, 0.2) is 0 Å². The molecule has 2 aromatic carbocycles. The Morgan fingerprint density at radius 3 is 2.38 bits per heavy atom. The monoisotopic (exact) mass is 469 g/mol. The summed E-state index contributed by atoms with van der Waals surface area (Å²) < 4.78 is 34.1. The Balaban J connectivity index is 1.39. The van der Waals surface area contributed by atoms with Crippen LogP contribution in [0, 0.1) is 11.6 Å². The van der Waals surface area contributed by atoms with Crippen LogP contribution in [0.2, 0.25) is 0 Å². The van der Waals surface area contributed by atoms with Gasteiger partial charge in [0.25, 0.3) is 11.8 Å². The highest BCUT2D eigenvalue weighted by Crippen LogP contribution is 2.39. The summed E-state index contributed by atoms with van der Waals surface area (Å²) in [6.07, 6.45) is 2.30. The van der Waals surface area contributed by atoms with Crippen molar-refractivity contribution in [2.24, 2.45) is 0 Å². The molecule has 1 aliphatic carbocycles. The predicted octanol–water partition coefficient (Wildman–Crippen LogP) is 2.72. The summed E-state index contributed by atoms with van der Waals surface area (Å²) in [5.74, 6) is -2.37. The average Bonchev–Trinajstić information content (AvgIpc) is 3.58. The number of nitrogens with zero attached hydrogens (tertiary/aromatic N) is 2. The molecule has 178 valence electrons. The number of rotatable bonds is 4. The summed E-state index contributed by atoms with van der Waals surface area (Å²) in [5.41, 5.74) is -1.000. The van der Waals surface area contributed by atoms with Crippen molar-refractivity contribution in [1.29, 1.82) is 0 Å². The molecule has 2 aliphatic heterocycles. The first-order valence-corrected chi connectivity index (χ1v) is 11.5. The van der Waals surface area contributed by atoms with E-state index in [4.69, 9.17) is 4.74 Å². The molecule has 1 N–H and O–H groups in total. The Bertz CT molecular complexity index is 1130. The number of nitrogens with one attached hydrogen (secondary N) is 1. The van der Waals surface area contributed by atoms with Gasteiger partial charge in [-0.2, -0.15) is 0 Å². The number of hydrogen-bond donors (Lipinski definition) is 1. The largest absolute Gasteiger partial charge is 0.353 e. The number of carbonyl (C=O) groups excluding carboxylic acids is 3. The maximum absolute atomic E-state index is 14.1. The fraction of sp³-hybridized carbons (Fsp3) is 0.400. The van der Waals surface area contributed by atoms with Crippen molar-refractivity contribution < 1.29 is 27.9 Å². The molecular formula is C25H25F2N3O4. The predicted molar refractivity (Wildman–Crippen MR) is 118 cm³/mol. The first kappa shape index (κ1) is 22.5. The van der Waals surface area contributed by atoms with Gasteiger partial charge in [0.1, 0.15) is 23.4 Å². The van der Waals surface area contributed by atoms with E-state index >= 15 is 0 Å². The van der Waals surface area contributed by atoms with Crippen molar-refractivity contribution in [2.75, 3.05) is 19.7 Å². The second kappa shape index (κ2) is 8.79. The van der Waals surface area contributed by atoms with Crippen LogP contribution in [0.5, 0.6) is 0 Å². The molecule has 1 spiro atoms. The van der Waals surface area contributed by atoms with Crippen molar-refractivity contribution in [3.63, 3.8) is 0 Å². The molecular weight excluding hydrogens is 444 g/mol. The first-order valence-electron chi connectivity index (χ1n) is 11.5. The third-order valence-corrected chi connectivity index (χ3v) is 6.71. The smallest absolute Gasteiger partial charge is 0.256 e. The molecule has 0 aromatic heterocycles. The molecule has 0 bridgehead atoms. The van der Waals surface area contributed by atoms with Gasteiger partial charge in [-0.15, -0.1) is 0 Å². The lowest BCUT2D eigenvalue weighted by atomic mass is 9.96. The minimum atomic E-state index is -1.11. The third kappa shape index (κ3) is 4.16.